The topological polar surface area (TPSA) is 63.5 Å². The Hall–Kier alpha value is -1.77. The van der Waals surface area contributed by atoms with Gasteiger partial charge in [-0.1, -0.05) is 12.1 Å². The van der Waals surface area contributed by atoms with Crippen LogP contribution in [0.5, 0.6) is 5.75 Å². The van der Waals surface area contributed by atoms with Crippen molar-refractivity contribution in [1.29, 1.82) is 0 Å². The van der Waals surface area contributed by atoms with Gasteiger partial charge in [-0.2, -0.15) is 5.10 Å². The van der Waals surface area contributed by atoms with Crippen molar-refractivity contribution < 1.29 is 4.74 Å². The second-order valence-corrected chi connectivity index (χ2v) is 4.65. The van der Waals surface area contributed by atoms with Gasteiger partial charge in [0.1, 0.15) is 5.75 Å². The molecular weight excluding hydrogens is 393 g/mol. The fraction of sp³-hybridized carbons (Fsp3) is 0.333. The Kier molecular flexibility index (Phi) is 7.72. The van der Waals surface area contributed by atoms with Gasteiger partial charge in [-0.3, -0.25) is 9.67 Å². The zero-order valence-corrected chi connectivity index (χ0v) is 15.4. The van der Waals surface area contributed by atoms with Gasteiger partial charge in [0.2, 0.25) is 0 Å². The van der Waals surface area contributed by atoms with Gasteiger partial charge in [0, 0.05) is 38.9 Å². The van der Waals surface area contributed by atoms with E-state index in [4.69, 9.17) is 4.74 Å². The quantitative estimate of drug-likeness (QED) is 0.445. The predicted octanol–water partition coefficient (Wildman–Crippen LogP) is 1.91. The molecule has 0 atom stereocenters. The monoisotopic (exact) mass is 415 g/mol. The standard InChI is InChI=1S/C15H21N5O.HI/c1-16-15(18-9-13-10-19-20(2)11-13)17-8-12-4-6-14(21-3)7-5-12;/h4-7,10-11H,8-9H2,1-3H3,(H2,16,17,18);1H. The van der Waals surface area contributed by atoms with Crippen molar-refractivity contribution in [2.45, 2.75) is 13.1 Å². The number of hydrogen-bond donors (Lipinski definition) is 2. The molecule has 0 unspecified atom stereocenters. The third-order valence-corrected chi connectivity index (χ3v) is 3.06. The van der Waals surface area contributed by atoms with Crippen LogP contribution in [-0.4, -0.2) is 29.9 Å². The van der Waals surface area contributed by atoms with Crippen LogP contribution in [0.3, 0.4) is 0 Å². The summed E-state index contributed by atoms with van der Waals surface area (Å²) in [5, 5.41) is 10.7. The zero-order valence-electron chi connectivity index (χ0n) is 13.0. The Labute approximate surface area is 148 Å². The fourth-order valence-corrected chi connectivity index (χ4v) is 1.90. The molecule has 0 bridgehead atoms. The summed E-state index contributed by atoms with van der Waals surface area (Å²) in [4.78, 5) is 4.20. The van der Waals surface area contributed by atoms with Crippen LogP contribution in [-0.2, 0) is 20.1 Å². The number of ether oxygens (including phenoxy) is 1. The highest BCUT2D eigenvalue weighted by atomic mass is 127. The number of aromatic nitrogens is 2. The van der Waals surface area contributed by atoms with Crippen LogP contribution in [0.15, 0.2) is 41.7 Å². The minimum atomic E-state index is 0. The summed E-state index contributed by atoms with van der Waals surface area (Å²) in [5.74, 6) is 1.62. The van der Waals surface area contributed by atoms with Crippen LogP contribution >= 0.6 is 24.0 Å². The summed E-state index contributed by atoms with van der Waals surface area (Å²) in [6.45, 7) is 1.40. The lowest BCUT2D eigenvalue weighted by molar-refractivity contribution is 0.414. The lowest BCUT2D eigenvalue weighted by atomic mass is 10.2. The lowest BCUT2D eigenvalue weighted by Gasteiger charge is -2.11. The average Bonchev–Trinajstić information content (AvgIpc) is 2.93. The molecule has 0 saturated carbocycles. The van der Waals surface area contributed by atoms with Gasteiger partial charge in [-0.05, 0) is 17.7 Å². The van der Waals surface area contributed by atoms with E-state index in [1.165, 1.54) is 5.56 Å². The Balaban J connectivity index is 0.00000242. The molecule has 1 aromatic carbocycles. The summed E-state index contributed by atoms with van der Waals surface area (Å²) >= 11 is 0. The number of rotatable bonds is 5. The number of hydrogen-bond acceptors (Lipinski definition) is 3. The number of halogens is 1. The molecule has 0 fully saturated rings. The molecule has 7 heteroatoms. The van der Waals surface area contributed by atoms with Crippen LogP contribution < -0.4 is 15.4 Å². The minimum absolute atomic E-state index is 0. The number of benzene rings is 1. The van der Waals surface area contributed by atoms with E-state index in [1.807, 2.05) is 43.7 Å². The summed E-state index contributed by atoms with van der Waals surface area (Å²) in [7, 11) is 5.32. The highest BCUT2D eigenvalue weighted by Gasteiger charge is 2.01. The van der Waals surface area contributed by atoms with Gasteiger partial charge < -0.3 is 15.4 Å². The van der Waals surface area contributed by atoms with Crippen LogP contribution in [0.4, 0.5) is 0 Å². The normalized spacial score (nSPS) is 10.8. The molecule has 2 N–H and O–H groups in total. The van der Waals surface area contributed by atoms with Crippen LogP contribution in [0.2, 0.25) is 0 Å². The van der Waals surface area contributed by atoms with Crippen molar-refractivity contribution in [3.63, 3.8) is 0 Å². The molecule has 0 aliphatic heterocycles. The Morgan fingerprint density at radius 3 is 2.32 bits per heavy atom. The molecule has 0 aliphatic rings. The number of methoxy groups -OCH3 is 1. The molecule has 0 spiro atoms. The Bertz CT molecular complexity index is 594. The smallest absolute Gasteiger partial charge is 0.191 e. The summed E-state index contributed by atoms with van der Waals surface area (Å²) in [6, 6.07) is 7.95. The zero-order chi connectivity index (χ0) is 15.1. The third-order valence-electron chi connectivity index (χ3n) is 3.06. The van der Waals surface area contributed by atoms with E-state index in [0.717, 1.165) is 17.3 Å². The number of nitrogens with one attached hydrogen (secondary N) is 2. The van der Waals surface area contributed by atoms with E-state index in [2.05, 4.69) is 20.7 Å². The second-order valence-electron chi connectivity index (χ2n) is 4.65. The fourth-order valence-electron chi connectivity index (χ4n) is 1.90. The maximum atomic E-state index is 5.14. The predicted molar refractivity (Wildman–Crippen MR) is 98.7 cm³/mol. The highest BCUT2D eigenvalue weighted by molar-refractivity contribution is 14.0. The van der Waals surface area contributed by atoms with Gasteiger partial charge in [-0.25, -0.2) is 0 Å². The average molecular weight is 415 g/mol. The van der Waals surface area contributed by atoms with Crippen molar-refractivity contribution in [3.05, 3.63) is 47.8 Å². The largest absolute Gasteiger partial charge is 0.497 e. The summed E-state index contributed by atoms with van der Waals surface area (Å²) in [6.07, 6.45) is 3.81. The number of nitrogens with zero attached hydrogens (tertiary/aromatic N) is 3. The molecule has 1 heterocycles. The van der Waals surface area contributed by atoms with E-state index in [-0.39, 0.29) is 24.0 Å². The van der Waals surface area contributed by atoms with E-state index in [0.29, 0.717) is 13.1 Å². The van der Waals surface area contributed by atoms with E-state index < -0.39 is 0 Å². The summed E-state index contributed by atoms with van der Waals surface area (Å²) in [5.41, 5.74) is 2.28. The minimum Gasteiger partial charge on any atom is -0.497 e. The van der Waals surface area contributed by atoms with Crippen molar-refractivity contribution in [1.82, 2.24) is 20.4 Å². The highest BCUT2D eigenvalue weighted by Crippen LogP contribution is 2.10. The number of aryl methyl sites for hydroxylation is 1. The first-order chi connectivity index (χ1) is 10.2. The van der Waals surface area contributed by atoms with E-state index in [1.54, 1.807) is 18.8 Å². The first-order valence-electron chi connectivity index (χ1n) is 6.76. The van der Waals surface area contributed by atoms with Gasteiger partial charge in [0.25, 0.3) is 0 Å². The van der Waals surface area contributed by atoms with Crippen LogP contribution in [0.1, 0.15) is 11.1 Å². The molecule has 120 valence electrons. The number of aliphatic imine (C=N–C) groups is 1. The first kappa shape index (κ1) is 18.3. The van der Waals surface area contributed by atoms with Crippen molar-refractivity contribution in [2.75, 3.05) is 14.2 Å². The molecule has 6 nitrogen and oxygen atoms in total. The van der Waals surface area contributed by atoms with Crippen molar-refractivity contribution >= 4 is 29.9 Å². The van der Waals surface area contributed by atoms with E-state index in [9.17, 15) is 0 Å². The lowest BCUT2D eigenvalue weighted by Crippen LogP contribution is -2.36. The molecule has 22 heavy (non-hydrogen) atoms. The molecule has 0 saturated heterocycles. The molecule has 2 aromatic rings. The molecule has 0 amide bonds. The van der Waals surface area contributed by atoms with Crippen molar-refractivity contribution in [2.24, 2.45) is 12.0 Å². The van der Waals surface area contributed by atoms with Crippen LogP contribution in [0, 0.1) is 0 Å². The third kappa shape index (κ3) is 5.55. The Morgan fingerprint density at radius 1 is 1.18 bits per heavy atom. The maximum absolute atomic E-state index is 5.14. The summed E-state index contributed by atoms with van der Waals surface area (Å²) < 4.78 is 6.92. The van der Waals surface area contributed by atoms with Gasteiger partial charge in [-0.15, -0.1) is 24.0 Å². The maximum Gasteiger partial charge on any atom is 0.191 e. The second kappa shape index (κ2) is 9.29. The van der Waals surface area contributed by atoms with Gasteiger partial charge in [0.15, 0.2) is 5.96 Å². The van der Waals surface area contributed by atoms with Gasteiger partial charge in [0.05, 0.1) is 13.3 Å². The first-order valence-corrected chi connectivity index (χ1v) is 6.76. The Morgan fingerprint density at radius 2 is 1.82 bits per heavy atom. The molecule has 0 aliphatic carbocycles. The van der Waals surface area contributed by atoms with Crippen molar-refractivity contribution in [3.8, 4) is 5.75 Å². The molecule has 0 radical (unpaired) electrons. The molecule has 1 aromatic heterocycles. The van der Waals surface area contributed by atoms with E-state index >= 15 is 0 Å². The number of guanidine groups is 1. The molecule has 2 rings (SSSR count). The van der Waals surface area contributed by atoms with Crippen LogP contribution in [0.25, 0.3) is 0 Å². The SMILES string of the molecule is CN=C(NCc1ccc(OC)cc1)NCc1cnn(C)c1.I. The van der Waals surface area contributed by atoms with Gasteiger partial charge >= 0.3 is 0 Å². The molecular formula is C15H22IN5O.